The lowest BCUT2D eigenvalue weighted by Crippen LogP contribution is -2.42. The van der Waals surface area contributed by atoms with Crippen LogP contribution in [0.1, 0.15) is 69.6 Å². The first kappa shape index (κ1) is 30.5. The SMILES string of the molecule is CCC(Cc1ccccc1)C1OC(=O)C(C(c2cccc(NS(=O)(=O)c3ccc(C(C)(C)C)cc3)c2)C2CC2)=C(O)C1=O. The highest BCUT2D eigenvalue weighted by molar-refractivity contribution is 7.92. The number of benzene rings is 3. The third kappa shape index (κ3) is 6.69. The molecule has 0 radical (unpaired) electrons. The Kier molecular flexibility index (Phi) is 8.52. The summed E-state index contributed by atoms with van der Waals surface area (Å²) in [6.45, 7) is 8.12. The zero-order valence-corrected chi connectivity index (χ0v) is 25.9. The summed E-state index contributed by atoms with van der Waals surface area (Å²) in [5, 5.41) is 11.2. The molecule has 1 saturated carbocycles. The summed E-state index contributed by atoms with van der Waals surface area (Å²) in [5.74, 6) is -2.68. The molecule has 3 atom stereocenters. The highest BCUT2D eigenvalue weighted by Gasteiger charge is 2.47. The summed E-state index contributed by atoms with van der Waals surface area (Å²) in [4.78, 5) is 27.1. The van der Waals surface area contributed by atoms with Gasteiger partial charge in [-0.15, -0.1) is 0 Å². The van der Waals surface area contributed by atoms with Crippen molar-refractivity contribution in [3.8, 4) is 0 Å². The number of ketones is 1. The molecular formula is C35H39NO6S. The molecular weight excluding hydrogens is 562 g/mol. The minimum absolute atomic E-state index is 0.0251. The summed E-state index contributed by atoms with van der Waals surface area (Å²) in [6, 6.07) is 23.3. The quantitative estimate of drug-likeness (QED) is 0.246. The van der Waals surface area contributed by atoms with Crippen molar-refractivity contribution in [2.24, 2.45) is 11.8 Å². The van der Waals surface area contributed by atoms with Crippen molar-refractivity contribution in [3.63, 3.8) is 0 Å². The summed E-state index contributed by atoms with van der Waals surface area (Å²) < 4.78 is 34.9. The van der Waals surface area contributed by atoms with Crippen molar-refractivity contribution >= 4 is 27.5 Å². The van der Waals surface area contributed by atoms with Crippen molar-refractivity contribution in [1.29, 1.82) is 0 Å². The molecule has 2 aliphatic rings. The van der Waals surface area contributed by atoms with Gasteiger partial charge in [0.15, 0.2) is 11.9 Å². The number of Topliss-reactive ketones (excluding diaryl/α,β-unsaturated/α-hetero) is 1. The number of aliphatic hydroxyl groups is 1. The standard InChI is InChI=1S/C35H39NO6S/c1-5-23(20-22-10-7-6-8-11-22)33-32(38)31(37)30(34(39)42-33)29(24-14-15-24)25-12-9-13-27(21-25)36-43(40,41)28-18-16-26(17-19-28)35(2,3)4/h6-13,16-19,21,23-24,29,33,36-37H,5,14-15,20H2,1-4H3. The van der Waals surface area contributed by atoms with E-state index in [0.717, 1.165) is 24.0 Å². The van der Waals surface area contributed by atoms with Gasteiger partial charge in [-0.25, -0.2) is 13.2 Å². The van der Waals surface area contributed by atoms with Crippen LogP contribution in [0.3, 0.4) is 0 Å². The number of cyclic esters (lactones) is 1. The van der Waals surface area contributed by atoms with Gasteiger partial charge in [0.1, 0.15) is 0 Å². The van der Waals surface area contributed by atoms with Gasteiger partial charge in [-0.3, -0.25) is 9.52 Å². The number of carbonyl (C=O) groups excluding carboxylic acids is 2. The maximum atomic E-state index is 13.5. The molecule has 0 bridgehead atoms. The van der Waals surface area contributed by atoms with Crippen LogP contribution < -0.4 is 4.72 Å². The Balaban J connectivity index is 1.41. The Morgan fingerprint density at radius 1 is 0.953 bits per heavy atom. The molecule has 0 spiro atoms. The molecule has 5 rings (SSSR count). The third-order valence-corrected chi connectivity index (χ3v) is 9.82. The summed E-state index contributed by atoms with van der Waals surface area (Å²) in [6.07, 6.45) is 1.69. The van der Waals surface area contributed by atoms with Crippen molar-refractivity contribution in [2.75, 3.05) is 4.72 Å². The number of nitrogens with one attached hydrogen (secondary N) is 1. The number of sulfonamides is 1. The van der Waals surface area contributed by atoms with Gasteiger partial charge >= 0.3 is 5.97 Å². The largest absolute Gasteiger partial charge is 0.504 e. The van der Waals surface area contributed by atoms with E-state index in [9.17, 15) is 23.1 Å². The van der Waals surface area contributed by atoms with E-state index in [1.165, 1.54) is 0 Å². The van der Waals surface area contributed by atoms with E-state index >= 15 is 0 Å². The normalized spacial score (nSPS) is 19.1. The fourth-order valence-electron chi connectivity index (χ4n) is 5.81. The van der Waals surface area contributed by atoms with E-state index in [1.807, 2.05) is 49.4 Å². The fourth-order valence-corrected chi connectivity index (χ4v) is 6.86. The molecule has 1 aliphatic carbocycles. The van der Waals surface area contributed by atoms with Crippen molar-refractivity contribution in [2.45, 2.75) is 75.7 Å². The molecule has 43 heavy (non-hydrogen) atoms. The minimum atomic E-state index is -3.88. The topological polar surface area (TPSA) is 110 Å². The average Bonchev–Trinajstić information content (AvgIpc) is 3.81. The molecule has 3 aromatic rings. The van der Waals surface area contributed by atoms with E-state index in [-0.39, 0.29) is 27.7 Å². The van der Waals surface area contributed by atoms with Crippen LogP contribution in [-0.4, -0.2) is 31.4 Å². The molecule has 7 nitrogen and oxygen atoms in total. The zero-order valence-electron chi connectivity index (χ0n) is 25.0. The van der Waals surface area contributed by atoms with Crippen LogP contribution in [0.15, 0.2) is 95.1 Å². The van der Waals surface area contributed by atoms with E-state index < -0.39 is 39.6 Å². The number of hydrogen-bond acceptors (Lipinski definition) is 6. The van der Waals surface area contributed by atoms with Crippen LogP contribution in [0.4, 0.5) is 5.69 Å². The van der Waals surface area contributed by atoms with Gasteiger partial charge in [-0.1, -0.05) is 82.3 Å². The molecule has 0 aromatic heterocycles. The van der Waals surface area contributed by atoms with Gasteiger partial charge in [0.2, 0.25) is 5.78 Å². The number of esters is 1. The third-order valence-electron chi connectivity index (χ3n) is 8.43. The van der Waals surface area contributed by atoms with Gasteiger partial charge in [-0.05, 0) is 78.0 Å². The van der Waals surface area contributed by atoms with Crippen LogP contribution in [-0.2, 0) is 36.2 Å². The molecule has 2 N–H and O–H groups in total. The minimum Gasteiger partial charge on any atom is -0.504 e. The molecule has 226 valence electrons. The number of anilines is 1. The second-order valence-corrected chi connectivity index (χ2v) is 14.3. The Morgan fingerprint density at radius 2 is 1.63 bits per heavy atom. The Bertz CT molecular complexity index is 1630. The first-order chi connectivity index (χ1) is 20.4. The first-order valence-corrected chi connectivity index (χ1v) is 16.3. The molecule has 8 heteroatoms. The lowest BCUT2D eigenvalue weighted by atomic mass is 9.81. The van der Waals surface area contributed by atoms with E-state index in [4.69, 9.17) is 4.74 Å². The van der Waals surface area contributed by atoms with Crippen LogP contribution in [0.5, 0.6) is 0 Å². The second-order valence-electron chi connectivity index (χ2n) is 12.6. The molecule has 0 saturated heterocycles. The average molecular weight is 602 g/mol. The predicted octanol–water partition coefficient (Wildman–Crippen LogP) is 6.85. The van der Waals surface area contributed by atoms with Gasteiger partial charge < -0.3 is 9.84 Å². The number of rotatable bonds is 10. The molecule has 1 heterocycles. The van der Waals surface area contributed by atoms with Crippen LogP contribution in [0.25, 0.3) is 0 Å². The Hall–Kier alpha value is -3.91. The number of carbonyl (C=O) groups is 2. The molecule has 3 aromatic carbocycles. The van der Waals surface area contributed by atoms with Crippen molar-refractivity contribution < 1.29 is 27.9 Å². The summed E-state index contributed by atoms with van der Waals surface area (Å²) in [5.41, 5.74) is 2.85. The smallest absolute Gasteiger partial charge is 0.339 e. The van der Waals surface area contributed by atoms with Gasteiger partial charge in [0.25, 0.3) is 10.0 Å². The van der Waals surface area contributed by atoms with Gasteiger partial charge in [0, 0.05) is 17.5 Å². The molecule has 3 unspecified atom stereocenters. The Morgan fingerprint density at radius 3 is 2.23 bits per heavy atom. The fraction of sp³-hybridized carbons (Fsp3) is 0.371. The highest BCUT2D eigenvalue weighted by atomic mass is 32.2. The van der Waals surface area contributed by atoms with Crippen molar-refractivity contribution in [1.82, 2.24) is 0 Å². The van der Waals surface area contributed by atoms with E-state index in [0.29, 0.717) is 24.1 Å². The van der Waals surface area contributed by atoms with E-state index in [2.05, 4.69) is 25.5 Å². The lowest BCUT2D eigenvalue weighted by Gasteiger charge is -2.31. The van der Waals surface area contributed by atoms with E-state index in [1.54, 1.807) is 36.4 Å². The molecule has 1 fully saturated rings. The van der Waals surface area contributed by atoms with Gasteiger partial charge in [0.05, 0.1) is 10.5 Å². The lowest BCUT2D eigenvalue weighted by molar-refractivity contribution is -0.158. The first-order valence-electron chi connectivity index (χ1n) is 14.8. The number of ether oxygens (including phenoxy) is 1. The maximum Gasteiger partial charge on any atom is 0.339 e. The van der Waals surface area contributed by atoms with Crippen LogP contribution in [0, 0.1) is 11.8 Å². The van der Waals surface area contributed by atoms with Crippen LogP contribution in [0.2, 0.25) is 0 Å². The summed E-state index contributed by atoms with van der Waals surface area (Å²) in [7, 11) is -3.88. The maximum absolute atomic E-state index is 13.5. The van der Waals surface area contributed by atoms with Crippen LogP contribution >= 0.6 is 0 Å². The monoisotopic (exact) mass is 601 g/mol. The number of aliphatic hydroxyl groups excluding tert-OH is 1. The van der Waals surface area contributed by atoms with Crippen molar-refractivity contribution in [3.05, 3.63) is 107 Å². The predicted molar refractivity (Wildman–Crippen MR) is 166 cm³/mol. The molecule has 1 aliphatic heterocycles. The number of hydrogen-bond donors (Lipinski definition) is 2. The second kappa shape index (κ2) is 12.0. The zero-order chi connectivity index (χ0) is 30.9. The Labute approximate surface area is 254 Å². The van der Waals surface area contributed by atoms with Gasteiger partial charge in [-0.2, -0.15) is 0 Å². The molecule has 0 amide bonds. The highest BCUT2D eigenvalue weighted by Crippen LogP contribution is 2.49. The summed E-state index contributed by atoms with van der Waals surface area (Å²) >= 11 is 0.